The highest BCUT2D eigenvalue weighted by Crippen LogP contribution is 2.51. The molecule has 0 spiro atoms. The van der Waals surface area contributed by atoms with Crippen LogP contribution in [0.2, 0.25) is 0 Å². The number of likely N-dealkylation sites (N-methyl/N-ethyl adjacent to an activating group) is 2. The summed E-state index contributed by atoms with van der Waals surface area (Å²) in [5.41, 5.74) is 21.3. The van der Waals surface area contributed by atoms with Crippen LogP contribution in [0.15, 0.2) is 188 Å². The Balaban J connectivity index is 0.810. The zero-order chi connectivity index (χ0) is 59.7. The summed E-state index contributed by atoms with van der Waals surface area (Å²) in [6, 6.07) is 68.5. The van der Waals surface area contributed by atoms with Crippen molar-refractivity contribution in [2.24, 2.45) is 0 Å². The number of hydrogen-bond acceptors (Lipinski definition) is 5. The van der Waals surface area contributed by atoms with E-state index in [-0.39, 0.29) is 22.5 Å². The Morgan fingerprint density at radius 2 is 0.568 bits per heavy atom. The lowest BCUT2D eigenvalue weighted by molar-refractivity contribution is -0.133. The molecule has 14 rings (SSSR count). The number of amides is 2. The maximum Gasteiger partial charge on any atom is 0.266 e. The number of hydrogen-bond donors (Lipinski definition) is 0. The van der Waals surface area contributed by atoms with E-state index in [2.05, 4.69) is 192 Å². The van der Waals surface area contributed by atoms with Crippen LogP contribution >= 0.6 is 12.2 Å². The van der Waals surface area contributed by atoms with Gasteiger partial charge >= 0.3 is 0 Å². The average Bonchev–Trinajstić information content (AvgIpc) is 2.31. The third-order valence-electron chi connectivity index (χ3n) is 21.0. The fourth-order valence-corrected chi connectivity index (χ4v) is 16.4. The number of nitrogens with zero attached hydrogens (tertiary/aromatic N) is 4. The van der Waals surface area contributed by atoms with Crippen LogP contribution < -0.4 is 9.80 Å². The van der Waals surface area contributed by atoms with Gasteiger partial charge in [0.1, 0.15) is 5.57 Å². The van der Waals surface area contributed by atoms with Gasteiger partial charge in [-0.05, 0) is 253 Å². The highest BCUT2D eigenvalue weighted by Gasteiger charge is 2.43. The Labute approximate surface area is 528 Å². The molecule has 0 atom stereocenters. The van der Waals surface area contributed by atoms with E-state index in [1.807, 2.05) is 13.8 Å². The first-order valence-corrected chi connectivity index (χ1v) is 34.1. The molecule has 5 aliphatic carbocycles. The second kappa shape index (κ2) is 25.7. The highest BCUT2D eigenvalue weighted by molar-refractivity contribution is 7.80. The summed E-state index contributed by atoms with van der Waals surface area (Å²) in [7, 11) is 0. The smallest absolute Gasteiger partial charge is 0.266 e. The lowest BCUT2D eigenvalue weighted by Gasteiger charge is -2.36. The monoisotopic (exact) mass is 1180 g/mol. The molecule has 4 saturated carbocycles. The number of thiocarbonyl (C=S) groups is 1. The Morgan fingerprint density at radius 3 is 0.830 bits per heavy atom. The van der Waals surface area contributed by atoms with Crippen LogP contribution in [0.4, 0.5) is 34.1 Å². The van der Waals surface area contributed by atoms with Crippen molar-refractivity contribution in [1.82, 2.24) is 9.80 Å². The molecule has 1 saturated heterocycles. The molecule has 8 aromatic carbocycles. The minimum Gasteiger partial charge on any atom is -0.311 e. The second-order valence-corrected chi connectivity index (χ2v) is 26.5. The Hall–Kier alpha value is -7.87. The summed E-state index contributed by atoms with van der Waals surface area (Å²) in [4.78, 5) is 37.9. The van der Waals surface area contributed by atoms with Crippen molar-refractivity contribution >= 4 is 68.8 Å². The van der Waals surface area contributed by atoms with Crippen molar-refractivity contribution in [3.05, 3.63) is 221 Å². The van der Waals surface area contributed by atoms with Gasteiger partial charge < -0.3 is 9.80 Å². The van der Waals surface area contributed by atoms with Gasteiger partial charge in [-0.1, -0.05) is 174 Å². The van der Waals surface area contributed by atoms with Gasteiger partial charge in [0.05, 0.1) is 0 Å². The second-order valence-electron chi connectivity index (χ2n) is 26.1. The molecule has 0 unspecified atom stereocenters. The van der Waals surface area contributed by atoms with Crippen LogP contribution in [0.25, 0.3) is 39.0 Å². The zero-order valence-corrected chi connectivity index (χ0v) is 52.5. The molecule has 446 valence electrons. The van der Waals surface area contributed by atoms with Gasteiger partial charge in [-0.15, -0.1) is 0 Å². The van der Waals surface area contributed by atoms with Crippen molar-refractivity contribution in [2.75, 3.05) is 22.9 Å². The van der Waals surface area contributed by atoms with Crippen molar-refractivity contribution in [2.45, 2.75) is 166 Å². The van der Waals surface area contributed by atoms with Gasteiger partial charge in [0.15, 0.2) is 5.11 Å². The fraction of sp³-hybridized carbons (Fsp3) is 0.346. The molecule has 0 aromatic heterocycles. The van der Waals surface area contributed by atoms with Crippen LogP contribution in [0, 0.1) is 0 Å². The minimum atomic E-state index is -0.349. The van der Waals surface area contributed by atoms with Crippen LogP contribution in [-0.2, 0) is 9.59 Å². The quantitative estimate of drug-likeness (QED) is 0.0617. The highest BCUT2D eigenvalue weighted by atomic mass is 32.1. The van der Waals surface area contributed by atoms with E-state index in [9.17, 15) is 9.59 Å². The van der Waals surface area contributed by atoms with Gasteiger partial charge in [0.2, 0.25) is 0 Å². The van der Waals surface area contributed by atoms with E-state index in [1.54, 1.807) is 9.80 Å². The van der Waals surface area contributed by atoms with Crippen LogP contribution in [0.5, 0.6) is 0 Å². The molecule has 88 heavy (non-hydrogen) atoms. The standard InChI is InChI=1S/C81H84N4O2S/c1-3-82-79(86)78(80(87)83(4-2)81(82)88)77-75-53-65(63-33-47-71(48-34-63)84(67-39-25-59(26-40-67)55-17-9-5-10-18-55)68-41-27-60(28-42-68)56-19-11-6-12-20-56)37-51-73(75)74-52-38-66(54-76(74)77)64-35-49-72(50-36-64)85(69-43-29-61(30-44-69)57-21-13-7-14-22-57)70-45-31-62(32-46-70)58-23-15-8-16-24-58/h25-58H,3-24H2,1-2H3. The molecule has 5 fully saturated rings. The van der Waals surface area contributed by atoms with Crippen LogP contribution in [0.1, 0.15) is 199 Å². The van der Waals surface area contributed by atoms with E-state index in [1.165, 1.54) is 151 Å². The Morgan fingerprint density at radius 1 is 0.318 bits per heavy atom. The van der Waals surface area contributed by atoms with Crippen molar-refractivity contribution in [3.8, 4) is 33.4 Å². The molecule has 1 heterocycles. The summed E-state index contributed by atoms with van der Waals surface area (Å²) >= 11 is 5.85. The lowest BCUT2D eigenvalue weighted by Crippen LogP contribution is -2.56. The Bertz CT molecular complexity index is 3470. The van der Waals surface area contributed by atoms with E-state index < -0.39 is 0 Å². The first kappa shape index (κ1) is 57.8. The molecule has 1 aliphatic heterocycles. The molecule has 6 nitrogen and oxygen atoms in total. The fourth-order valence-electron chi connectivity index (χ4n) is 16.0. The molecule has 6 aliphatic rings. The maximum atomic E-state index is 14.9. The summed E-state index contributed by atoms with van der Waals surface area (Å²) in [6.07, 6.45) is 26.1. The summed E-state index contributed by atoms with van der Waals surface area (Å²) < 4.78 is 0. The van der Waals surface area contributed by atoms with E-state index in [0.717, 1.165) is 78.6 Å². The summed E-state index contributed by atoms with van der Waals surface area (Å²) in [5.74, 6) is 1.86. The van der Waals surface area contributed by atoms with Crippen molar-refractivity contribution in [1.29, 1.82) is 0 Å². The lowest BCUT2D eigenvalue weighted by atomic mass is 9.84. The molecule has 7 heteroatoms. The van der Waals surface area contributed by atoms with E-state index in [4.69, 9.17) is 12.2 Å². The van der Waals surface area contributed by atoms with Gasteiger partial charge in [0.25, 0.3) is 11.8 Å². The number of fused-ring (bicyclic) bond motifs is 3. The molecule has 2 amide bonds. The topological polar surface area (TPSA) is 47.1 Å². The SMILES string of the molecule is CCN1C(=O)C(=C2c3cc(-c4ccc(N(c5ccc(C6CCCCC6)cc5)c5ccc(C6CCCCC6)cc5)cc4)ccc3-c3ccc(-c4ccc(N(c5ccc(C6CCCCC6)cc5)c5ccc(C6CCCCC6)cc5)cc4)cc32)C(=O)N(CC)C1=S. The van der Waals surface area contributed by atoms with Gasteiger partial charge in [0, 0.05) is 52.8 Å². The molecule has 0 radical (unpaired) electrons. The summed E-state index contributed by atoms with van der Waals surface area (Å²) in [5, 5.41) is 0.259. The van der Waals surface area contributed by atoms with E-state index >= 15 is 0 Å². The average molecular weight is 1180 g/mol. The van der Waals surface area contributed by atoms with Gasteiger partial charge in [-0.3, -0.25) is 19.4 Å². The third kappa shape index (κ3) is 11.4. The molecular formula is C81H84N4O2S. The first-order valence-electron chi connectivity index (χ1n) is 33.7. The normalized spacial score (nSPS) is 18.0. The zero-order valence-electron chi connectivity index (χ0n) is 51.7. The largest absolute Gasteiger partial charge is 0.311 e. The predicted molar refractivity (Wildman–Crippen MR) is 369 cm³/mol. The number of rotatable bonds is 14. The maximum absolute atomic E-state index is 14.9. The summed E-state index contributed by atoms with van der Waals surface area (Å²) in [6.45, 7) is 4.57. The third-order valence-corrected chi connectivity index (χ3v) is 21.4. The van der Waals surface area contributed by atoms with Crippen molar-refractivity contribution in [3.63, 3.8) is 0 Å². The van der Waals surface area contributed by atoms with Crippen LogP contribution in [0.3, 0.4) is 0 Å². The van der Waals surface area contributed by atoms with Crippen LogP contribution in [-0.4, -0.2) is 39.8 Å². The Kier molecular flexibility index (Phi) is 16.9. The molecule has 0 bridgehead atoms. The van der Waals surface area contributed by atoms with E-state index in [0.29, 0.717) is 42.3 Å². The minimum absolute atomic E-state index is 0.164. The number of carbonyl (C=O) groups is 2. The number of benzene rings is 8. The number of carbonyl (C=O) groups excluding carboxylic acids is 2. The first-order chi connectivity index (χ1) is 43.3. The molecule has 0 N–H and O–H groups in total. The predicted octanol–water partition coefficient (Wildman–Crippen LogP) is 21.9. The van der Waals surface area contributed by atoms with Gasteiger partial charge in [-0.2, -0.15) is 0 Å². The van der Waals surface area contributed by atoms with Gasteiger partial charge in [-0.25, -0.2) is 0 Å². The van der Waals surface area contributed by atoms with Crippen molar-refractivity contribution < 1.29 is 9.59 Å². The molecule has 8 aromatic rings. The molecular weight excluding hydrogens is 1090 g/mol. The number of anilines is 6.